The first-order valence-electron chi connectivity index (χ1n) is 12.7. The minimum atomic E-state index is -0.434. The van der Waals surface area contributed by atoms with E-state index < -0.39 is 5.56 Å². The lowest BCUT2D eigenvalue weighted by Crippen LogP contribution is -2.40. The van der Waals surface area contributed by atoms with Crippen LogP contribution in [-0.4, -0.2) is 25.0 Å². The van der Waals surface area contributed by atoms with Gasteiger partial charge in [0.25, 0.3) is 5.56 Å². The van der Waals surface area contributed by atoms with Crippen molar-refractivity contribution < 1.29 is 4.79 Å². The van der Waals surface area contributed by atoms with E-state index in [1.807, 2.05) is 35.7 Å². The summed E-state index contributed by atoms with van der Waals surface area (Å²) < 4.78 is 2.75. The molecule has 0 saturated heterocycles. The molecule has 4 rings (SSSR count). The van der Waals surface area contributed by atoms with Crippen molar-refractivity contribution in [1.29, 1.82) is 0 Å². The molecule has 0 saturated carbocycles. The molecule has 0 bridgehead atoms. The summed E-state index contributed by atoms with van der Waals surface area (Å²) in [5.41, 5.74) is 0.867. The Morgan fingerprint density at radius 3 is 2.54 bits per heavy atom. The third-order valence-corrected chi connectivity index (χ3v) is 7.52. The van der Waals surface area contributed by atoms with Gasteiger partial charge in [-0.1, -0.05) is 56.2 Å². The summed E-state index contributed by atoms with van der Waals surface area (Å²) in [6.07, 6.45) is 4.89. The summed E-state index contributed by atoms with van der Waals surface area (Å²) in [7, 11) is 0. The number of rotatable bonds is 13. The molecule has 10 heteroatoms. The Morgan fingerprint density at radius 1 is 1.05 bits per heavy atom. The number of aromatic nitrogens is 4. The van der Waals surface area contributed by atoms with E-state index >= 15 is 0 Å². The molecule has 3 heterocycles. The van der Waals surface area contributed by atoms with Gasteiger partial charge in [0.05, 0.1) is 6.04 Å². The van der Waals surface area contributed by atoms with E-state index in [1.54, 1.807) is 11.3 Å². The van der Waals surface area contributed by atoms with Gasteiger partial charge in [-0.25, -0.2) is 4.79 Å². The van der Waals surface area contributed by atoms with Gasteiger partial charge in [-0.3, -0.25) is 18.7 Å². The van der Waals surface area contributed by atoms with Crippen LogP contribution in [0.1, 0.15) is 61.9 Å². The Labute approximate surface area is 224 Å². The molecular formula is C27H32ClN5O3S. The van der Waals surface area contributed by atoms with Gasteiger partial charge < -0.3 is 10.3 Å². The second-order valence-corrected chi connectivity index (χ2v) is 10.4. The number of fused-ring (bicyclic) bond motifs is 1. The maximum atomic E-state index is 13.1. The molecule has 1 aromatic carbocycles. The molecule has 0 radical (unpaired) electrons. The zero-order valence-electron chi connectivity index (χ0n) is 20.9. The summed E-state index contributed by atoms with van der Waals surface area (Å²) in [4.78, 5) is 47.0. The molecule has 1 atom stereocenters. The fourth-order valence-electron chi connectivity index (χ4n) is 4.44. The third kappa shape index (κ3) is 6.78. The number of imidazole rings is 1. The number of hydrogen-bond acceptors (Lipinski definition) is 5. The Bertz CT molecular complexity index is 1430. The first-order valence-corrected chi connectivity index (χ1v) is 14.0. The topological polar surface area (TPSA) is 102 Å². The van der Waals surface area contributed by atoms with Crippen LogP contribution in [0.3, 0.4) is 0 Å². The van der Waals surface area contributed by atoms with Crippen molar-refractivity contribution in [2.45, 2.75) is 71.0 Å². The van der Waals surface area contributed by atoms with E-state index in [0.29, 0.717) is 37.9 Å². The van der Waals surface area contributed by atoms with Crippen LogP contribution in [0.15, 0.2) is 57.4 Å². The van der Waals surface area contributed by atoms with E-state index in [1.165, 1.54) is 9.13 Å². The summed E-state index contributed by atoms with van der Waals surface area (Å²) in [5, 5.41) is 5.26. The number of unbranched alkanes of at least 4 members (excludes halogenated alkanes) is 3. The summed E-state index contributed by atoms with van der Waals surface area (Å²) in [5.74, 6) is -0.0468. The summed E-state index contributed by atoms with van der Waals surface area (Å²) in [6, 6.07) is 14.0. The van der Waals surface area contributed by atoms with E-state index in [2.05, 4.69) is 34.3 Å². The molecule has 0 aliphatic rings. The average Bonchev–Trinajstić information content (AvgIpc) is 3.56. The van der Waals surface area contributed by atoms with Crippen molar-refractivity contribution >= 4 is 40.0 Å². The van der Waals surface area contributed by atoms with Crippen molar-refractivity contribution in [2.75, 3.05) is 0 Å². The number of hydrogen-bond donors (Lipinski definition) is 2. The number of halogens is 1. The van der Waals surface area contributed by atoms with Gasteiger partial charge in [-0.15, -0.1) is 11.3 Å². The Hall–Kier alpha value is -3.17. The van der Waals surface area contributed by atoms with Gasteiger partial charge in [0.2, 0.25) is 11.2 Å². The zero-order chi connectivity index (χ0) is 26.2. The number of aromatic amines is 1. The van der Waals surface area contributed by atoms with Crippen molar-refractivity contribution in [3.05, 3.63) is 84.4 Å². The second kappa shape index (κ2) is 12.9. The lowest BCUT2D eigenvalue weighted by Gasteiger charge is -2.18. The Kier molecular flexibility index (Phi) is 9.35. The lowest BCUT2D eigenvalue weighted by molar-refractivity contribution is -0.121. The predicted octanol–water partition coefficient (Wildman–Crippen LogP) is 5.06. The van der Waals surface area contributed by atoms with Crippen LogP contribution in [0.5, 0.6) is 0 Å². The highest BCUT2D eigenvalue weighted by atomic mass is 35.5. The standard InChI is InChI=1S/C27H32ClN5O3S/c1-2-3-8-15-32-24-23(30-26(28)31-24)25(35)33(27(32)36)16-9-7-14-22(34)29-20(21-13-10-17-37-21)18-19-11-5-4-6-12-19/h4-6,10-13,17,20H,2-3,7-9,14-16,18H2,1H3,(H,29,34)(H,30,31). The number of nitrogens with zero attached hydrogens (tertiary/aromatic N) is 3. The number of benzene rings is 1. The number of carbonyl (C=O) groups is 1. The molecule has 1 amide bonds. The summed E-state index contributed by atoms with van der Waals surface area (Å²) in [6.45, 7) is 2.79. The van der Waals surface area contributed by atoms with E-state index in [0.717, 1.165) is 29.7 Å². The predicted molar refractivity (Wildman–Crippen MR) is 148 cm³/mol. The van der Waals surface area contributed by atoms with Crippen molar-refractivity contribution in [3.8, 4) is 0 Å². The van der Waals surface area contributed by atoms with E-state index in [4.69, 9.17) is 11.6 Å². The molecule has 0 spiro atoms. The fraction of sp³-hybridized carbons (Fsp3) is 0.407. The molecule has 8 nitrogen and oxygen atoms in total. The fourth-order valence-corrected chi connectivity index (χ4v) is 5.39. The number of amides is 1. The highest BCUT2D eigenvalue weighted by molar-refractivity contribution is 7.10. The minimum Gasteiger partial charge on any atom is -0.348 e. The highest BCUT2D eigenvalue weighted by Gasteiger charge is 2.18. The van der Waals surface area contributed by atoms with Gasteiger partial charge in [-0.2, -0.15) is 4.98 Å². The van der Waals surface area contributed by atoms with Crippen LogP contribution in [0.25, 0.3) is 11.2 Å². The SMILES string of the molecule is CCCCCn1c(=O)n(CCCCC(=O)NC(Cc2ccccc2)c2cccs2)c(=O)c2[nH]c(Cl)nc21. The molecule has 196 valence electrons. The Balaban J connectivity index is 1.39. The lowest BCUT2D eigenvalue weighted by atomic mass is 10.0. The van der Waals surface area contributed by atoms with E-state index in [-0.39, 0.29) is 35.0 Å². The first kappa shape index (κ1) is 26.9. The van der Waals surface area contributed by atoms with Crippen LogP contribution < -0.4 is 16.6 Å². The molecule has 0 fully saturated rings. The number of nitrogens with one attached hydrogen (secondary N) is 2. The summed E-state index contributed by atoms with van der Waals surface area (Å²) >= 11 is 7.63. The number of carbonyl (C=O) groups excluding carboxylic acids is 1. The highest BCUT2D eigenvalue weighted by Crippen LogP contribution is 2.23. The van der Waals surface area contributed by atoms with Gasteiger partial charge in [0, 0.05) is 24.4 Å². The van der Waals surface area contributed by atoms with E-state index in [9.17, 15) is 14.4 Å². The molecule has 2 N–H and O–H groups in total. The number of H-pyrrole nitrogens is 1. The molecule has 4 aromatic rings. The maximum absolute atomic E-state index is 13.1. The van der Waals surface area contributed by atoms with Crippen LogP contribution >= 0.6 is 22.9 Å². The van der Waals surface area contributed by atoms with Crippen LogP contribution in [0.2, 0.25) is 5.28 Å². The second-order valence-electron chi connectivity index (χ2n) is 9.11. The molecule has 0 aliphatic heterocycles. The number of thiophene rings is 1. The minimum absolute atomic E-state index is 0.0468. The van der Waals surface area contributed by atoms with Gasteiger partial charge in [-0.05, 0) is 54.3 Å². The van der Waals surface area contributed by atoms with Crippen LogP contribution in [0, 0.1) is 0 Å². The molecular weight excluding hydrogens is 510 g/mol. The van der Waals surface area contributed by atoms with Crippen LogP contribution in [0.4, 0.5) is 0 Å². The molecule has 37 heavy (non-hydrogen) atoms. The Morgan fingerprint density at radius 2 is 1.81 bits per heavy atom. The zero-order valence-corrected chi connectivity index (χ0v) is 22.5. The van der Waals surface area contributed by atoms with Gasteiger partial charge in [0.1, 0.15) is 0 Å². The van der Waals surface area contributed by atoms with Crippen molar-refractivity contribution in [2.24, 2.45) is 0 Å². The largest absolute Gasteiger partial charge is 0.348 e. The van der Waals surface area contributed by atoms with Gasteiger partial charge >= 0.3 is 5.69 Å². The first-order chi connectivity index (χ1) is 18.0. The maximum Gasteiger partial charge on any atom is 0.332 e. The molecule has 1 unspecified atom stereocenters. The quantitative estimate of drug-likeness (QED) is 0.182. The van der Waals surface area contributed by atoms with Gasteiger partial charge in [0.15, 0.2) is 11.2 Å². The van der Waals surface area contributed by atoms with Crippen molar-refractivity contribution in [3.63, 3.8) is 0 Å². The third-order valence-electron chi connectivity index (χ3n) is 6.36. The van der Waals surface area contributed by atoms with Crippen molar-refractivity contribution in [1.82, 2.24) is 24.4 Å². The monoisotopic (exact) mass is 541 g/mol. The van der Waals surface area contributed by atoms with Crippen LogP contribution in [-0.2, 0) is 24.3 Å². The molecule has 0 aliphatic carbocycles. The smallest absolute Gasteiger partial charge is 0.332 e. The molecule has 3 aromatic heterocycles. The normalized spacial score (nSPS) is 12.2. The number of aryl methyl sites for hydroxylation is 1. The average molecular weight is 542 g/mol.